The molecule has 0 unspecified atom stereocenters. The Balaban J connectivity index is 1.41. The second kappa shape index (κ2) is 10.3. The van der Waals surface area contributed by atoms with Gasteiger partial charge in [-0.3, -0.25) is 4.90 Å². The van der Waals surface area contributed by atoms with Crippen molar-refractivity contribution in [1.82, 2.24) is 34.7 Å². The number of rotatable bonds is 8. The van der Waals surface area contributed by atoms with Crippen LogP contribution in [0, 0.1) is 11.6 Å². The van der Waals surface area contributed by atoms with Gasteiger partial charge in [0, 0.05) is 37.3 Å². The molecule has 2 atom stereocenters. The summed E-state index contributed by atoms with van der Waals surface area (Å²) in [7, 11) is 1.44. The van der Waals surface area contributed by atoms with Crippen molar-refractivity contribution in [3.63, 3.8) is 0 Å². The third-order valence-corrected chi connectivity index (χ3v) is 7.16. The molecule has 0 spiro atoms. The molecule has 2 fully saturated rings. The van der Waals surface area contributed by atoms with Crippen LogP contribution in [0.25, 0.3) is 5.69 Å². The molecular weight excluding hydrogens is 498 g/mol. The lowest BCUT2D eigenvalue weighted by Gasteiger charge is -2.47. The molecule has 12 nitrogen and oxygen atoms in total. The van der Waals surface area contributed by atoms with Crippen LogP contribution in [0.5, 0.6) is 5.75 Å². The molecule has 2 aliphatic rings. The van der Waals surface area contributed by atoms with E-state index in [4.69, 9.17) is 10.5 Å². The van der Waals surface area contributed by atoms with Crippen LogP contribution in [0.4, 0.5) is 26.2 Å². The molecule has 5 rings (SSSR count). The number of aromatic nitrogens is 6. The number of fused-ring (bicyclic) bond motifs is 1. The molecule has 14 heteroatoms. The number of hydrogen-bond donors (Lipinski definition) is 3. The summed E-state index contributed by atoms with van der Waals surface area (Å²) in [6.45, 7) is 5.80. The number of nitrogens with one attached hydrogen (secondary N) is 2. The van der Waals surface area contributed by atoms with Crippen LogP contribution >= 0.6 is 0 Å². The summed E-state index contributed by atoms with van der Waals surface area (Å²) in [5, 5.41) is 13.6. The van der Waals surface area contributed by atoms with Crippen LogP contribution in [0.2, 0.25) is 0 Å². The SMILES string of the molecule is Cn1nnn(-c2cc(Nc3ncc(F)c(N[C@@H]4C[C@H]5CCCN5C(C)(C)C4)n3)c(F)cc2OCCN)c1=O. The number of nitrogens with zero attached hydrogens (tertiary/aromatic N) is 7. The Kier molecular flexibility index (Phi) is 7.01. The van der Waals surface area contributed by atoms with Crippen molar-refractivity contribution < 1.29 is 13.5 Å². The van der Waals surface area contributed by atoms with Gasteiger partial charge in [0.1, 0.15) is 18.0 Å². The highest BCUT2D eigenvalue weighted by Gasteiger charge is 2.43. The number of aryl methyl sites for hydroxylation is 1. The van der Waals surface area contributed by atoms with E-state index in [0.29, 0.717) is 6.04 Å². The molecule has 0 saturated carbocycles. The van der Waals surface area contributed by atoms with E-state index >= 15 is 4.39 Å². The highest BCUT2D eigenvalue weighted by Crippen LogP contribution is 2.38. The fourth-order valence-corrected chi connectivity index (χ4v) is 5.52. The van der Waals surface area contributed by atoms with E-state index < -0.39 is 17.3 Å². The van der Waals surface area contributed by atoms with Gasteiger partial charge >= 0.3 is 5.69 Å². The zero-order valence-electron chi connectivity index (χ0n) is 21.6. The van der Waals surface area contributed by atoms with Gasteiger partial charge in [-0.1, -0.05) is 0 Å². The number of hydrogen-bond acceptors (Lipinski definition) is 10. The first-order chi connectivity index (χ1) is 18.2. The molecule has 38 heavy (non-hydrogen) atoms. The fraction of sp³-hybridized carbons (Fsp3) is 0.542. The van der Waals surface area contributed by atoms with Crippen molar-refractivity contribution in [2.75, 3.05) is 30.3 Å². The minimum atomic E-state index is -0.699. The lowest BCUT2D eigenvalue weighted by atomic mass is 9.84. The molecule has 0 bridgehead atoms. The number of anilines is 3. The summed E-state index contributed by atoms with van der Waals surface area (Å²) in [4.78, 5) is 23.3. The van der Waals surface area contributed by atoms with Crippen molar-refractivity contribution in [3.05, 3.63) is 40.4 Å². The van der Waals surface area contributed by atoms with Crippen molar-refractivity contribution in [2.45, 2.75) is 57.2 Å². The molecule has 0 radical (unpaired) electrons. The molecular formula is C24H32F2N10O2. The van der Waals surface area contributed by atoms with Gasteiger partial charge in [-0.25, -0.2) is 18.6 Å². The second-order valence-corrected chi connectivity index (χ2v) is 10.3. The second-order valence-electron chi connectivity index (χ2n) is 10.3. The van der Waals surface area contributed by atoms with E-state index in [2.05, 4.69) is 49.8 Å². The van der Waals surface area contributed by atoms with E-state index in [1.807, 2.05) is 0 Å². The van der Waals surface area contributed by atoms with Crippen molar-refractivity contribution >= 4 is 17.5 Å². The van der Waals surface area contributed by atoms with Gasteiger partial charge in [0.05, 0.1) is 11.9 Å². The van der Waals surface area contributed by atoms with Crippen LogP contribution in [-0.2, 0) is 7.05 Å². The lowest BCUT2D eigenvalue weighted by molar-refractivity contribution is 0.0500. The largest absolute Gasteiger partial charge is 0.490 e. The molecule has 2 aromatic heterocycles. The average molecular weight is 531 g/mol. The lowest BCUT2D eigenvalue weighted by Crippen LogP contribution is -2.55. The van der Waals surface area contributed by atoms with E-state index in [9.17, 15) is 9.18 Å². The highest BCUT2D eigenvalue weighted by atomic mass is 19.1. The van der Waals surface area contributed by atoms with Gasteiger partial charge in [-0.2, -0.15) is 14.3 Å². The number of tetrazole rings is 1. The molecule has 3 aromatic rings. The Morgan fingerprint density at radius 2 is 2.05 bits per heavy atom. The number of piperidine rings is 1. The summed E-state index contributed by atoms with van der Waals surface area (Å²) < 4.78 is 37.3. The predicted octanol–water partition coefficient (Wildman–Crippen LogP) is 1.93. The van der Waals surface area contributed by atoms with E-state index in [0.717, 1.165) is 47.4 Å². The summed E-state index contributed by atoms with van der Waals surface area (Å²) in [6.07, 6.45) is 5.07. The Hall–Kier alpha value is -3.65. The Bertz CT molecular complexity index is 1370. The number of benzene rings is 1. The standard InChI is InChI=1S/C24H32F2N10O2/c1-24(2)12-14(9-15-5-4-7-35(15)24)29-21-17(26)13-28-22(31-21)30-18-11-19(36-23(37)34(3)32-33-36)20(10-16(18)25)38-8-6-27/h10-11,13-15H,4-9,12,27H2,1-3H3,(H2,28,29,30,31)/t14-,15-/m1/s1. The normalized spacial score (nSPS) is 20.8. The molecule has 4 heterocycles. The molecule has 204 valence electrons. The van der Waals surface area contributed by atoms with Crippen LogP contribution < -0.4 is 26.8 Å². The van der Waals surface area contributed by atoms with Crippen molar-refractivity contribution in [3.8, 4) is 11.4 Å². The Morgan fingerprint density at radius 1 is 1.24 bits per heavy atom. The molecule has 0 amide bonds. The Labute approximate surface area is 218 Å². The third-order valence-electron chi connectivity index (χ3n) is 7.16. The smallest absolute Gasteiger partial charge is 0.368 e. The average Bonchev–Trinajstić information content (AvgIpc) is 3.48. The van der Waals surface area contributed by atoms with Gasteiger partial charge < -0.3 is 21.1 Å². The van der Waals surface area contributed by atoms with Crippen molar-refractivity contribution in [1.29, 1.82) is 0 Å². The molecule has 2 saturated heterocycles. The maximum atomic E-state index is 15.1. The third kappa shape index (κ3) is 5.05. The van der Waals surface area contributed by atoms with E-state index in [1.165, 1.54) is 19.5 Å². The van der Waals surface area contributed by atoms with Crippen molar-refractivity contribution in [2.24, 2.45) is 12.8 Å². The van der Waals surface area contributed by atoms with E-state index in [-0.39, 0.29) is 53.6 Å². The van der Waals surface area contributed by atoms with E-state index in [1.54, 1.807) is 0 Å². The van der Waals surface area contributed by atoms with Gasteiger partial charge in [-0.05, 0) is 62.6 Å². The van der Waals surface area contributed by atoms with Crippen LogP contribution in [0.1, 0.15) is 39.5 Å². The minimum absolute atomic E-state index is 0.00662. The first kappa shape index (κ1) is 26.0. The number of nitrogens with two attached hydrogens (primary N) is 1. The van der Waals surface area contributed by atoms with Crippen LogP contribution in [0.15, 0.2) is 23.1 Å². The molecule has 0 aliphatic carbocycles. The summed E-state index contributed by atoms with van der Waals surface area (Å²) in [5.74, 6) is -1.21. The first-order valence-corrected chi connectivity index (χ1v) is 12.6. The summed E-state index contributed by atoms with van der Waals surface area (Å²) in [5.41, 5.74) is 5.04. The number of ether oxygens (including phenoxy) is 1. The maximum absolute atomic E-state index is 15.1. The molecule has 4 N–H and O–H groups in total. The monoisotopic (exact) mass is 530 g/mol. The van der Waals surface area contributed by atoms with Crippen LogP contribution in [-0.4, -0.2) is 72.0 Å². The predicted molar refractivity (Wildman–Crippen MR) is 137 cm³/mol. The topological polar surface area (TPSA) is 141 Å². The summed E-state index contributed by atoms with van der Waals surface area (Å²) >= 11 is 0. The fourth-order valence-electron chi connectivity index (χ4n) is 5.52. The van der Waals surface area contributed by atoms with Crippen LogP contribution in [0.3, 0.4) is 0 Å². The molecule has 1 aromatic carbocycles. The zero-order valence-corrected chi connectivity index (χ0v) is 21.6. The zero-order chi connectivity index (χ0) is 27.0. The summed E-state index contributed by atoms with van der Waals surface area (Å²) in [6, 6.07) is 2.92. The maximum Gasteiger partial charge on any atom is 0.368 e. The minimum Gasteiger partial charge on any atom is -0.490 e. The van der Waals surface area contributed by atoms with Gasteiger partial charge in [0.2, 0.25) is 5.95 Å². The molecule has 2 aliphatic heterocycles. The van der Waals surface area contributed by atoms with Gasteiger partial charge in [0.15, 0.2) is 17.5 Å². The highest BCUT2D eigenvalue weighted by molar-refractivity contribution is 5.63. The Morgan fingerprint density at radius 3 is 2.79 bits per heavy atom. The van der Waals surface area contributed by atoms with Gasteiger partial charge in [-0.15, -0.1) is 0 Å². The number of halogens is 2. The first-order valence-electron chi connectivity index (χ1n) is 12.6. The quantitative estimate of drug-likeness (QED) is 0.396. The van der Waals surface area contributed by atoms with Gasteiger partial charge in [0.25, 0.3) is 0 Å².